The number of hydrogen-bond donors (Lipinski definition) is 5. The third-order valence-corrected chi connectivity index (χ3v) is 3.88. The molecule has 3 rings (SSSR count). The molecule has 10 nitrogen and oxygen atoms in total. The lowest BCUT2D eigenvalue weighted by Crippen LogP contribution is -2.40. The molecule has 3 atom stereocenters. The maximum absolute atomic E-state index is 9.81. The molecule has 0 spiro atoms. The molecule has 2 unspecified atom stereocenters. The van der Waals surface area contributed by atoms with Gasteiger partial charge in [-0.3, -0.25) is 4.57 Å². The number of hydrogen-bond acceptors (Lipinski definition) is 9. The second kappa shape index (κ2) is 6.85. The molecule has 24 heavy (non-hydrogen) atoms. The van der Waals surface area contributed by atoms with E-state index in [0.717, 1.165) is 12.8 Å². The molecule has 2 aromatic heterocycles. The van der Waals surface area contributed by atoms with Gasteiger partial charge in [0.05, 0.1) is 19.0 Å². The highest BCUT2D eigenvalue weighted by Crippen LogP contribution is 2.27. The van der Waals surface area contributed by atoms with Gasteiger partial charge in [0.15, 0.2) is 17.0 Å². The molecule has 0 aliphatic heterocycles. The zero-order valence-electron chi connectivity index (χ0n) is 13.3. The molecular weight excluding hydrogens is 316 g/mol. The van der Waals surface area contributed by atoms with Crippen LogP contribution in [0.15, 0.2) is 6.33 Å². The van der Waals surface area contributed by atoms with Gasteiger partial charge in [0.2, 0.25) is 5.95 Å². The molecule has 0 bridgehead atoms. The fraction of sp³-hybridized carbons (Fsp3) is 0.643. The second-order valence-electron chi connectivity index (χ2n) is 5.98. The minimum Gasteiger partial charge on any atom is -0.394 e. The van der Waals surface area contributed by atoms with Crippen LogP contribution in [0.3, 0.4) is 0 Å². The third kappa shape index (κ3) is 3.56. The third-order valence-electron chi connectivity index (χ3n) is 3.88. The standard InChI is InChI=1S/C14H22N6O4/c1-7(22)11(23)9(4-21)24-6-20-5-16-10-12(17-8-2-3-8)18-14(15)19-13(10)20/h5,7-9,11,21-23H,2-4,6H2,1H3,(H3,15,17,18,19)/t7?,9-,11?/m1/s1. The van der Waals surface area contributed by atoms with Crippen molar-refractivity contribution in [1.29, 1.82) is 0 Å². The number of aliphatic hydroxyl groups excluding tert-OH is 3. The summed E-state index contributed by atoms with van der Waals surface area (Å²) in [6, 6.07) is 0.392. The number of anilines is 2. The molecule has 10 heteroatoms. The number of fused-ring (bicyclic) bond motifs is 1. The van der Waals surface area contributed by atoms with Crippen molar-refractivity contribution >= 4 is 22.9 Å². The minimum atomic E-state index is -1.20. The smallest absolute Gasteiger partial charge is 0.224 e. The predicted octanol–water partition coefficient (Wildman–Crippen LogP) is -0.941. The van der Waals surface area contributed by atoms with Gasteiger partial charge in [-0.2, -0.15) is 9.97 Å². The van der Waals surface area contributed by atoms with Crippen LogP contribution in [0.25, 0.3) is 11.2 Å². The van der Waals surface area contributed by atoms with Crippen LogP contribution >= 0.6 is 0 Å². The van der Waals surface area contributed by atoms with E-state index < -0.39 is 24.9 Å². The molecule has 0 aromatic carbocycles. The van der Waals surface area contributed by atoms with E-state index in [2.05, 4.69) is 20.3 Å². The van der Waals surface area contributed by atoms with Crippen molar-refractivity contribution in [2.45, 2.75) is 50.8 Å². The van der Waals surface area contributed by atoms with E-state index >= 15 is 0 Å². The molecule has 0 saturated heterocycles. The van der Waals surface area contributed by atoms with Crippen LogP contribution in [-0.4, -0.2) is 65.8 Å². The zero-order chi connectivity index (χ0) is 17.3. The number of nitrogens with one attached hydrogen (secondary N) is 1. The van der Waals surface area contributed by atoms with Crippen LogP contribution in [0.1, 0.15) is 19.8 Å². The number of ether oxygens (including phenoxy) is 1. The molecule has 1 aliphatic rings. The Morgan fingerprint density at radius 1 is 1.42 bits per heavy atom. The summed E-state index contributed by atoms with van der Waals surface area (Å²) in [4.78, 5) is 12.7. The molecular formula is C14H22N6O4. The van der Waals surface area contributed by atoms with Gasteiger partial charge in [-0.25, -0.2) is 4.98 Å². The summed E-state index contributed by atoms with van der Waals surface area (Å²) in [5, 5.41) is 31.8. The number of aromatic nitrogens is 4. The first-order valence-electron chi connectivity index (χ1n) is 7.83. The van der Waals surface area contributed by atoms with Gasteiger partial charge < -0.3 is 31.1 Å². The SMILES string of the molecule is CC(O)C(O)[C@@H](CO)OCn1cnc2c(NC3CC3)nc(N)nc21. The lowest BCUT2D eigenvalue weighted by Gasteiger charge is -2.23. The van der Waals surface area contributed by atoms with Crippen molar-refractivity contribution in [3.8, 4) is 0 Å². The highest BCUT2D eigenvalue weighted by molar-refractivity contribution is 5.84. The largest absolute Gasteiger partial charge is 0.394 e. The monoisotopic (exact) mass is 338 g/mol. The Morgan fingerprint density at radius 3 is 2.79 bits per heavy atom. The Balaban J connectivity index is 1.78. The Labute approximate surface area is 138 Å². The Bertz CT molecular complexity index is 702. The van der Waals surface area contributed by atoms with E-state index in [1.807, 2.05) is 0 Å². The van der Waals surface area contributed by atoms with E-state index in [4.69, 9.17) is 10.5 Å². The van der Waals surface area contributed by atoms with Crippen LogP contribution in [0.5, 0.6) is 0 Å². The molecule has 132 valence electrons. The predicted molar refractivity (Wildman–Crippen MR) is 86.0 cm³/mol. The van der Waals surface area contributed by atoms with Crippen molar-refractivity contribution < 1.29 is 20.1 Å². The highest BCUT2D eigenvalue weighted by Gasteiger charge is 2.25. The lowest BCUT2D eigenvalue weighted by molar-refractivity contribution is -0.119. The van der Waals surface area contributed by atoms with Gasteiger partial charge in [0.25, 0.3) is 0 Å². The van der Waals surface area contributed by atoms with Gasteiger partial charge in [0, 0.05) is 6.04 Å². The fourth-order valence-corrected chi connectivity index (χ4v) is 2.32. The maximum atomic E-state index is 9.81. The van der Waals surface area contributed by atoms with Crippen LogP contribution in [-0.2, 0) is 11.5 Å². The van der Waals surface area contributed by atoms with Gasteiger partial charge in [-0.1, -0.05) is 0 Å². The number of rotatable bonds is 8. The van der Waals surface area contributed by atoms with E-state index in [1.54, 1.807) is 4.57 Å². The van der Waals surface area contributed by atoms with Gasteiger partial charge in [0.1, 0.15) is 18.9 Å². The first-order chi connectivity index (χ1) is 11.5. The summed E-state index contributed by atoms with van der Waals surface area (Å²) >= 11 is 0. The number of nitrogens with zero attached hydrogens (tertiary/aromatic N) is 4. The van der Waals surface area contributed by atoms with Gasteiger partial charge in [-0.05, 0) is 19.8 Å². The van der Waals surface area contributed by atoms with Gasteiger partial charge >= 0.3 is 0 Å². The van der Waals surface area contributed by atoms with Crippen LogP contribution in [0.2, 0.25) is 0 Å². The Kier molecular flexibility index (Phi) is 4.81. The molecule has 0 amide bonds. The van der Waals surface area contributed by atoms with Crippen molar-refractivity contribution in [3.63, 3.8) is 0 Å². The number of nitrogens with two attached hydrogens (primary N) is 1. The fourth-order valence-electron chi connectivity index (χ4n) is 2.32. The lowest BCUT2D eigenvalue weighted by atomic mass is 10.1. The van der Waals surface area contributed by atoms with Gasteiger partial charge in [-0.15, -0.1) is 0 Å². The van der Waals surface area contributed by atoms with Crippen LogP contribution in [0, 0.1) is 0 Å². The summed E-state index contributed by atoms with van der Waals surface area (Å²) in [5.74, 6) is 0.705. The molecule has 1 saturated carbocycles. The van der Waals surface area contributed by atoms with Crippen molar-refractivity contribution in [1.82, 2.24) is 19.5 Å². The zero-order valence-corrected chi connectivity index (χ0v) is 13.3. The molecule has 2 heterocycles. The van der Waals surface area contributed by atoms with E-state index in [0.29, 0.717) is 23.0 Å². The molecule has 2 aromatic rings. The quantitative estimate of drug-likeness (QED) is 0.410. The molecule has 0 radical (unpaired) electrons. The van der Waals surface area contributed by atoms with Crippen LogP contribution in [0.4, 0.5) is 11.8 Å². The Morgan fingerprint density at radius 2 is 2.17 bits per heavy atom. The van der Waals surface area contributed by atoms with Crippen molar-refractivity contribution in [2.24, 2.45) is 0 Å². The average Bonchev–Trinajstić information content (AvgIpc) is 3.26. The van der Waals surface area contributed by atoms with E-state index in [-0.39, 0.29) is 12.7 Å². The van der Waals surface area contributed by atoms with E-state index in [9.17, 15) is 15.3 Å². The summed E-state index contributed by atoms with van der Waals surface area (Å²) < 4.78 is 7.08. The Hall–Kier alpha value is -2.01. The average molecular weight is 338 g/mol. The topological polar surface area (TPSA) is 152 Å². The summed E-state index contributed by atoms with van der Waals surface area (Å²) in [6.07, 6.45) is 0.561. The first kappa shape index (κ1) is 16.8. The van der Waals surface area contributed by atoms with Crippen molar-refractivity contribution in [3.05, 3.63) is 6.33 Å². The summed E-state index contributed by atoms with van der Waals surface area (Å²) in [7, 11) is 0. The first-order valence-corrected chi connectivity index (χ1v) is 7.83. The highest BCUT2D eigenvalue weighted by atomic mass is 16.5. The molecule has 1 aliphatic carbocycles. The number of imidazole rings is 1. The van der Waals surface area contributed by atoms with Crippen molar-refractivity contribution in [2.75, 3.05) is 17.7 Å². The van der Waals surface area contributed by atoms with E-state index in [1.165, 1.54) is 13.3 Å². The number of aliphatic hydroxyl groups is 3. The minimum absolute atomic E-state index is 0.00910. The molecule has 6 N–H and O–H groups in total. The second-order valence-corrected chi connectivity index (χ2v) is 5.98. The maximum Gasteiger partial charge on any atom is 0.224 e. The summed E-state index contributed by atoms with van der Waals surface area (Å²) in [6.45, 7) is 0.988. The molecule has 1 fully saturated rings. The normalized spacial score (nSPS) is 18.5. The summed E-state index contributed by atoms with van der Waals surface area (Å²) in [5.41, 5.74) is 6.84. The number of nitrogen functional groups attached to an aromatic ring is 1. The van der Waals surface area contributed by atoms with Crippen LogP contribution < -0.4 is 11.1 Å².